The van der Waals surface area contributed by atoms with Crippen molar-refractivity contribution in [3.05, 3.63) is 0 Å². The van der Waals surface area contributed by atoms with E-state index in [4.69, 9.17) is 0 Å². The number of nitrogens with one attached hydrogen (secondary N) is 4. The fraction of sp³-hybridized carbons (Fsp3) is 0.556. The number of hydrogen-bond acceptors (Lipinski definition) is 4. The third-order valence-corrected chi connectivity index (χ3v) is 1.71. The number of amides is 4. The molecule has 8 nitrogen and oxygen atoms in total. The van der Waals surface area contributed by atoms with E-state index >= 15 is 0 Å². The molecule has 0 aliphatic heterocycles. The lowest BCUT2D eigenvalue weighted by atomic mass is 10.2. The molecule has 0 aliphatic carbocycles. The van der Waals surface area contributed by atoms with Crippen molar-refractivity contribution in [1.29, 1.82) is 0 Å². The molecule has 8 heteroatoms. The smallest absolute Gasteiger partial charge is 0.238 e. The van der Waals surface area contributed by atoms with Gasteiger partial charge in [-0.15, -0.1) is 0 Å². The maximum Gasteiger partial charge on any atom is 0.238 e. The first-order valence-electron chi connectivity index (χ1n) is 5.09. The molecule has 0 aliphatic rings. The van der Waals surface area contributed by atoms with Crippen LogP contribution in [0.4, 0.5) is 0 Å². The Hall–Kier alpha value is -2.12. The Morgan fingerprint density at radius 1 is 0.941 bits per heavy atom. The first-order valence-corrected chi connectivity index (χ1v) is 5.09. The van der Waals surface area contributed by atoms with Crippen molar-refractivity contribution >= 4 is 24.1 Å². The zero-order valence-corrected chi connectivity index (χ0v) is 9.54. The zero-order chi connectivity index (χ0) is 13.1. The van der Waals surface area contributed by atoms with Crippen LogP contribution >= 0.6 is 0 Å². The van der Waals surface area contributed by atoms with Crippen molar-refractivity contribution in [1.82, 2.24) is 21.7 Å². The van der Waals surface area contributed by atoms with Gasteiger partial charge in [0.15, 0.2) is 0 Å². The lowest BCUT2D eigenvalue weighted by Crippen LogP contribution is -2.40. The Balaban J connectivity index is 3.44. The number of hydrogen-bond donors (Lipinski definition) is 4. The zero-order valence-electron chi connectivity index (χ0n) is 9.54. The van der Waals surface area contributed by atoms with Gasteiger partial charge in [-0.1, -0.05) is 0 Å². The molecule has 0 unspecified atom stereocenters. The van der Waals surface area contributed by atoms with Crippen LogP contribution in [0.25, 0.3) is 0 Å². The second-order valence-corrected chi connectivity index (χ2v) is 3.25. The molecule has 0 aromatic carbocycles. The quantitative estimate of drug-likeness (QED) is 0.247. The topological polar surface area (TPSA) is 116 Å². The maximum absolute atomic E-state index is 11.1. The predicted octanol–water partition coefficient (Wildman–Crippen LogP) is -1.51. The van der Waals surface area contributed by atoms with Crippen LogP contribution < -0.4 is 21.7 Å². The van der Waals surface area contributed by atoms with Gasteiger partial charge in [0.25, 0.3) is 0 Å². The highest BCUT2D eigenvalue weighted by atomic mass is 16.2. The van der Waals surface area contributed by atoms with Gasteiger partial charge in [0.2, 0.25) is 24.1 Å². The monoisotopic (exact) mass is 244 g/mol. The number of rotatable bonds is 7. The molecule has 4 N–H and O–H groups in total. The molecule has 0 rings (SSSR count). The summed E-state index contributed by atoms with van der Waals surface area (Å²) >= 11 is 0. The highest BCUT2D eigenvalue weighted by Gasteiger charge is 2.03. The molecule has 0 aromatic heterocycles. The number of carbonyl (C=O) groups is 4. The van der Waals surface area contributed by atoms with Crippen LogP contribution in [0.5, 0.6) is 0 Å². The fourth-order valence-corrected chi connectivity index (χ4v) is 0.964. The van der Waals surface area contributed by atoms with Crippen molar-refractivity contribution < 1.29 is 19.2 Å². The van der Waals surface area contributed by atoms with Gasteiger partial charge >= 0.3 is 0 Å². The summed E-state index contributed by atoms with van der Waals surface area (Å²) < 4.78 is 0. The Kier molecular flexibility index (Phi) is 7.99. The van der Waals surface area contributed by atoms with Crippen molar-refractivity contribution in [2.75, 3.05) is 0 Å². The SMILES string of the molecule is CC(=O)NNC(=O)CCCCC(=O)NNC=O. The van der Waals surface area contributed by atoms with Gasteiger partial charge < -0.3 is 0 Å². The Morgan fingerprint density at radius 2 is 1.47 bits per heavy atom. The van der Waals surface area contributed by atoms with E-state index in [-0.39, 0.29) is 30.6 Å². The minimum absolute atomic E-state index is 0.217. The Bertz CT molecular complexity index is 293. The van der Waals surface area contributed by atoms with E-state index in [9.17, 15) is 19.2 Å². The summed E-state index contributed by atoms with van der Waals surface area (Å²) in [6.45, 7) is 1.28. The van der Waals surface area contributed by atoms with Crippen LogP contribution in [0.2, 0.25) is 0 Å². The van der Waals surface area contributed by atoms with Gasteiger partial charge in [-0.05, 0) is 12.8 Å². The van der Waals surface area contributed by atoms with E-state index in [0.717, 1.165) is 0 Å². The van der Waals surface area contributed by atoms with E-state index < -0.39 is 0 Å². The van der Waals surface area contributed by atoms with Crippen LogP contribution in [0, 0.1) is 0 Å². The lowest BCUT2D eigenvalue weighted by molar-refractivity contribution is -0.128. The minimum Gasteiger partial charge on any atom is -0.277 e. The molecule has 0 radical (unpaired) electrons. The van der Waals surface area contributed by atoms with Crippen LogP contribution in [0.15, 0.2) is 0 Å². The first kappa shape index (κ1) is 14.9. The molecule has 0 atom stereocenters. The summed E-state index contributed by atoms with van der Waals surface area (Å²) in [5.74, 6) is -0.983. The van der Waals surface area contributed by atoms with Crippen LogP contribution in [-0.2, 0) is 19.2 Å². The molecule has 0 heterocycles. The highest BCUT2D eigenvalue weighted by Crippen LogP contribution is 1.98. The van der Waals surface area contributed by atoms with Crippen molar-refractivity contribution in [2.45, 2.75) is 32.6 Å². The molecule has 0 bridgehead atoms. The summed E-state index contributed by atoms with van der Waals surface area (Å²) in [5, 5.41) is 0. The highest BCUT2D eigenvalue weighted by molar-refractivity contribution is 5.80. The standard InChI is InChI=1S/C9H16N4O4/c1-7(15)11-13-9(17)5-3-2-4-8(16)12-10-6-14/h6H,2-5H2,1H3,(H,10,14)(H,11,15)(H,12,16)(H,13,17). The molecule has 0 saturated heterocycles. The van der Waals surface area contributed by atoms with Gasteiger partial charge in [-0.25, -0.2) is 0 Å². The molecule has 0 aromatic rings. The maximum atomic E-state index is 11.1. The van der Waals surface area contributed by atoms with E-state index in [1.54, 1.807) is 0 Å². The molecule has 0 saturated carbocycles. The van der Waals surface area contributed by atoms with Gasteiger partial charge in [-0.2, -0.15) is 0 Å². The summed E-state index contributed by atoms with van der Waals surface area (Å²) in [6, 6.07) is 0. The summed E-state index contributed by atoms with van der Waals surface area (Å²) in [6.07, 6.45) is 1.82. The fourth-order valence-electron chi connectivity index (χ4n) is 0.964. The molecule has 4 amide bonds. The predicted molar refractivity (Wildman–Crippen MR) is 57.8 cm³/mol. The lowest BCUT2D eigenvalue weighted by Gasteiger charge is -2.05. The van der Waals surface area contributed by atoms with Gasteiger partial charge in [0.05, 0.1) is 0 Å². The number of carbonyl (C=O) groups excluding carboxylic acids is 4. The normalized spacial score (nSPS) is 9.00. The third kappa shape index (κ3) is 10.2. The van der Waals surface area contributed by atoms with Crippen LogP contribution in [0.3, 0.4) is 0 Å². The molecule has 0 spiro atoms. The Morgan fingerprint density at radius 3 is 1.94 bits per heavy atom. The summed E-state index contributed by atoms with van der Waals surface area (Å²) in [4.78, 5) is 42.3. The minimum atomic E-state index is -0.349. The molecule has 17 heavy (non-hydrogen) atoms. The van der Waals surface area contributed by atoms with Gasteiger partial charge in [0, 0.05) is 19.8 Å². The van der Waals surface area contributed by atoms with Crippen molar-refractivity contribution in [3.8, 4) is 0 Å². The first-order chi connectivity index (χ1) is 8.06. The number of hydrazine groups is 2. The van der Waals surface area contributed by atoms with Crippen LogP contribution in [0.1, 0.15) is 32.6 Å². The number of unbranched alkanes of at least 4 members (excludes halogenated alkanes) is 1. The molecule has 96 valence electrons. The van der Waals surface area contributed by atoms with Crippen molar-refractivity contribution in [3.63, 3.8) is 0 Å². The molecule has 0 fully saturated rings. The second kappa shape index (κ2) is 9.13. The van der Waals surface area contributed by atoms with E-state index in [0.29, 0.717) is 19.3 Å². The average molecular weight is 244 g/mol. The summed E-state index contributed by atoms with van der Waals surface area (Å²) in [5.41, 5.74) is 8.53. The average Bonchev–Trinajstić information content (AvgIpc) is 2.29. The Labute approximate surface area is 98.4 Å². The van der Waals surface area contributed by atoms with E-state index in [2.05, 4.69) is 16.3 Å². The largest absolute Gasteiger partial charge is 0.277 e. The van der Waals surface area contributed by atoms with E-state index in [1.807, 2.05) is 5.43 Å². The van der Waals surface area contributed by atoms with Crippen molar-refractivity contribution in [2.24, 2.45) is 0 Å². The molecular formula is C9H16N4O4. The van der Waals surface area contributed by atoms with Gasteiger partial charge in [-0.3, -0.25) is 40.9 Å². The molecular weight excluding hydrogens is 228 g/mol. The van der Waals surface area contributed by atoms with Crippen LogP contribution in [-0.4, -0.2) is 24.1 Å². The van der Waals surface area contributed by atoms with Gasteiger partial charge in [0.1, 0.15) is 0 Å². The summed E-state index contributed by atoms with van der Waals surface area (Å²) in [7, 11) is 0. The third-order valence-electron chi connectivity index (χ3n) is 1.71. The second-order valence-electron chi connectivity index (χ2n) is 3.25. The van der Waals surface area contributed by atoms with E-state index in [1.165, 1.54) is 6.92 Å².